The minimum Gasteiger partial charge on any atom is -0.289 e. The van der Waals surface area contributed by atoms with Crippen LogP contribution in [0.25, 0.3) is 0 Å². The minimum absolute atomic E-state index is 0.434. The molecular weight excluding hydrogens is 278 g/mol. The van der Waals surface area contributed by atoms with E-state index in [-0.39, 0.29) is 0 Å². The zero-order valence-corrected chi connectivity index (χ0v) is 14.6. The van der Waals surface area contributed by atoms with E-state index in [1.54, 1.807) is 0 Å². The zero-order valence-electron chi connectivity index (χ0n) is 14.6. The van der Waals surface area contributed by atoms with Crippen LogP contribution in [0, 0.1) is 5.92 Å². The summed E-state index contributed by atoms with van der Waals surface area (Å²) in [5.74, 6) is 0.741. The summed E-state index contributed by atoms with van der Waals surface area (Å²) >= 11 is 0. The lowest BCUT2D eigenvalue weighted by molar-refractivity contribution is 0.292. The van der Waals surface area contributed by atoms with E-state index in [1.165, 1.54) is 44.9 Å². The predicted octanol–water partition coefficient (Wildman–Crippen LogP) is 6.36. The largest absolute Gasteiger partial charge is 0.289 e. The summed E-state index contributed by atoms with van der Waals surface area (Å²) < 4.78 is 0. The third kappa shape index (κ3) is 4.67. The highest BCUT2D eigenvalue weighted by molar-refractivity contribution is 5.87. The monoisotopic (exact) mass is 309 g/mol. The highest BCUT2D eigenvalue weighted by Crippen LogP contribution is 2.32. The van der Waals surface area contributed by atoms with Gasteiger partial charge in [-0.3, -0.25) is 4.99 Å². The molecular formula is C22H31N. The first-order chi connectivity index (χ1) is 11.0. The van der Waals surface area contributed by atoms with Crippen molar-refractivity contribution in [1.29, 1.82) is 0 Å². The molecule has 0 aromatic heterocycles. The Morgan fingerprint density at radius 3 is 2.09 bits per heavy atom. The lowest BCUT2D eigenvalue weighted by Crippen LogP contribution is -2.22. The average molecular weight is 309 g/mol. The lowest BCUT2D eigenvalue weighted by Gasteiger charge is -2.28. The van der Waals surface area contributed by atoms with Gasteiger partial charge in [0, 0.05) is 6.21 Å². The fourth-order valence-corrected chi connectivity index (χ4v) is 3.65. The lowest BCUT2D eigenvalue weighted by atomic mass is 9.81. The standard InChI is InChI=1S/C22H31N/c1-16-11-9-10-14-22(21-12-7-6-8-13-21)23-15-17(2)19(4)20(5)18(16)3/h15,21-22H,1-14H2. The van der Waals surface area contributed by atoms with Gasteiger partial charge in [-0.1, -0.05) is 58.6 Å². The number of hydrogen-bond acceptors (Lipinski definition) is 1. The molecule has 0 bridgehead atoms. The topological polar surface area (TPSA) is 12.4 Å². The summed E-state index contributed by atoms with van der Waals surface area (Å²) in [7, 11) is 0. The number of nitrogens with zero attached hydrogens (tertiary/aromatic N) is 1. The van der Waals surface area contributed by atoms with Gasteiger partial charge in [0.15, 0.2) is 0 Å². The molecule has 1 aliphatic heterocycles. The SMILES string of the molecule is C=C1C=NC(C2CCCCC2)CCCCC(=C)C(=C)C(=C)C1=C. The molecule has 1 unspecified atom stereocenters. The second kappa shape index (κ2) is 8.29. The highest BCUT2D eigenvalue weighted by Gasteiger charge is 2.23. The van der Waals surface area contributed by atoms with Gasteiger partial charge in [-0.25, -0.2) is 0 Å². The maximum Gasteiger partial charge on any atom is 0.0528 e. The molecule has 1 atom stereocenters. The van der Waals surface area contributed by atoms with Crippen LogP contribution in [0.5, 0.6) is 0 Å². The summed E-state index contributed by atoms with van der Waals surface area (Å²) in [4.78, 5) is 4.91. The quantitative estimate of drug-likeness (QED) is 0.534. The molecule has 1 saturated carbocycles. The van der Waals surface area contributed by atoms with Crippen LogP contribution in [0.1, 0.15) is 57.8 Å². The van der Waals surface area contributed by atoms with Crippen molar-refractivity contribution in [3.05, 3.63) is 60.8 Å². The molecule has 0 N–H and O–H groups in total. The normalized spacial score (nSPS) is 26.1. The number of allylic oxidation sites excluding steroid dienone is 5. The van der Waals surface area contributed by atoms with Crippen molar-refractivity contribution in [2.45, 2.75) is 63.8 Å². The van der Waals surface area contributed by atoms with E-state index in [0.717, 1.165) is 46.6 Å². The molecule has 0 amide bonds. The van der Waals surface area contributed by atoms with E-state index in [1.807, 2.05) is 6.21 Å². The average Bonchev–Trinajstić information content (AvgIpc) is 2.58. The Kier molecular flexibility index (Phi) is 6.38. The van der Waals surface area contributed by atoms with E-state index in [2.05, 4.69) is 32.9 Å². The molecule has 0 spiro atoms. The first-order valence-electron chi connectivity index (χ1n) is 8.98. The summed E-state index contributed by atoms with van der Waals surface area (Å²) in [6.07, 6.45) is 13.2. The van der Waals surface area contributed by atoms with E-state index >= 15 is 0 Å². The zero-order chi connectivity index (χ0) is 16.8. The molecule has 124 valence electrons. The van der Waals surface area contributed by atoms with Crippen LogP contribution in [0.15, 0.2) is 65.8 Å². The van der Waals surface area contributed by atoms with Crippen LogP contribution in [0.2, 0.25) is 0 Å². The second-order valence-electron chi connectivity index (χ2n) is 7.05. The molecule has 0 saturated heterocycles. The van der Waals surface area contributed by atoms with Gasteiger partial charge >= 0.3 is 0 Å². The van der Waals surface area contributed by atoms with Crippen molar-refractivity contribution in [1.82, 2.24) is 0 Å². The van der Waals surface area contributed by atoms with Crippen molar-refractivity contribution in [3.8, 4) is 0 Å². The molecule has 0 radical (unpaired) electrons. The third-order valence-electron chi connectivity index (χ3n) is 5.39. The Morgan fingerprint density at radius 1 is 0.739 bits per heavy atom. The smallest absolute Gasteiger partial charge is 0.0528 e. The van der Waals surface area contributed by atoms with Gasteiger partial charge in [0.2, 0.25) is 0 Å². The molecule has 1 heterocycles. The van der Waals surface area contributed by atoms with Gasteiger partial charge in [0.1, 0.15) is 0 Å². The molecule has 0 aromatic rings. The van der Waals surface area contributed by atoms with Crippen molar-refractivity contribution < 1.29 is 0 Å². The number of rotatable bonds is 1. The van der Waals surface area contributed by atoms with Gasteiger partial charge in [0.25, 0.3) is 0 Å². The van der Waals surface area contributed by atoms with Crippen molar-refractivity contribution in [2.24, 2.45) is 10.9 Å². The molecule has 1 fully saturated rings. The fourth-order valence-electron chi connectivity index (χ4n) is 3.65. The Bertz CT molecular complexity index is 540. The Hall–Kier alpha value is -1.63. The van der Waals surface area contributed by atoms with Gasteiger partial charge < -0.3 is 0 Å². The van der Waals surface area contributed by atoms with Crippen LogP contribution < -0.4 is 0 Å². The van der Waals surface area contributed by atoms with Gasteiger partial charge in [-0.15, -0.1) is 0 Å². The molecule has 23 heavy (non-hydrogen) atoms. The molecule has 1 nitrogen and oxygen atoms in total. The van der Waals surface area contributed by atoms with Crippen molar-refractivity contribution >= 4 is 6.21 Å². The summed E-state index contributed by atoms with van der Waals surface area (Å²) in [5, 5.41) is 0. The maximum atomic E-state index is 4.91. The predicted molar refractivity (Wildman–Crippen MR) is 103 cm³/mol. The minimum atomic E-state index is 0.434. The highest BCUT2D eigenvalue weighted by atomic mass is 14.8. The Balaban J connectivity index is 2.17. The third-order valence-corrected chi connectivity index (χ3v) is 5.39. The van der Waals surface area contributed by atoms with Crippen LogP contribution in [-0.4, -0.2) is 12.3 Å². The van der Waals surface area contributed by atoms with Gasteiger partial charge in [-0.2, -0.15) is 0 Å². The van der Waals surface area contributed by atoms with Gasteiger partial charge in [-0.05, 0) is 65.9 Å². The van der Waals surface area contributed by atoms with Crippen molar-refractivity contribution in [2.75, 3.05) is 0 Å². The van der Waals surface area contributed by atoms with Crippen LogP contribution in [0.4, 0.5) is 0 Å². The molecule has 0 aromatic carbocycles. The van der Waals surface area contributed by atoms with Crippen LogP contribution >= 0.6 is 0 Å². The summed E-state index contributed by atoms with van der Waals surface area (Å²) in [6.45, 7) is 20.7. The van der Waals surface area contributed by atoms with Gasteiger partial charge in [0.05, 0.1) is 6.04 Å². The molecule has 1 aliphatic carbocycles. The van der Waals surface area contributed by atoms with E-state index < -0.39 is 0 Å². The number of hydrogen-bond donors (Lipinski definition) is 0. The molecule has 1 heteroatoms. The first kappa shape index (κ1) is 17.7. The summed E-state index contributed by atoms with van der Waals surface area (Å²) in [6, 6.07) is 0.434. The van der Waals surface area contributed by atoms with E-state index in [9.17, 15) is 0 Å². The first-order valence-corrected chi connectivity index (χ1v) is 8.98. The molecule has 2 aliphatic rings. The number of aliphatic imine (C=N–C) groups is 1. The van der Waals surface area contributed by atoms with Crippen LogP contribution in [0.3, 0.4) is 0 Å². The summed E-state index contributed by atoms with van der Waals surface area (Å²) in [5.41, 5.74) is 4.53. The van der Waals surface area contributed by atoms with E-state index in [0.29, 0.717) is 6.04 Å². The fraction of sp³-hybridized carbons (Fsp3) is 0.500. The molecule has 2 rings (SSSR count). The Labute approximate surface area is 142 Å². The Morgan fingerprint density at radius 2 is 1.39 bits per heavy atom. The maximum absolute atomic E-state index is 4.91. The van der Waals surface area contributed by atoms with Crippen LogP contribution in [-0.2, 0) is 0 Å². The van der Waals surface area contributed by atoms with E-state index in [4.69, 9.17) is 4.99 Å². The second-order valence-corrected chi connectivity index (χ2v) is 7.05. The van der Waals surface area contributed by atoms with Crippen molar-refractivity contribution in [3.63, 3.8) is 0 Å².